The van der Waals surface area contributed by atoms with Gasteiger partial charge in [0.15, 0.2) is 0 Å². The van der Waals surface area contributed by atoms with E-state index in [2.05, 4.69) is 5.32 Å². The van der Waals surface area contributed by atoms with Gasteiger partial charge in [0.2, 0.25) is 5.91 Å². The molecule has 1 aromatic rings. The molecule has 2 heterocycles. The van der Waals surface area contributed by atoms with Gasteiger partial charge in [-0.15, -0.1) is 0 Å². The third-order valence-corrected chi connectivity index (χ3v) is 3.98. The molecule has 0 aliphatic carbocycles. The van der Waals surface area contributed by atoms with E-state index in [-0.39, 0.29) is 31.5 Å². The van der Waals surface area contributed by atoms with Crippen LogP contribution in [0.2, 0.25) is 0 Å². The average molecular weight is 318 g/mol. The van der Waals surface area contributed by atoms with Gasteiger partial charge in [-0.3, -0.25) is 10.1 Å². The van der Waals surface area contributed by atoms with Crippen molar-refractivity contribution < 1.29 is 22.4 Å². The van der Waals surface area contributed by atoms with Gasteiger partial charge >= 0.3 is 6.18 Å². The zero-order valence-electron chi connectivity index (χ0n) is 12.7. The second-order valence-electron chi connectivity index (χ2n) is 5.77. The molecule has 124 valence electrons. The van der Waals surface area contributed by atoms with Gasteiger partial charge in [-0.25, -0.2) is 0 Å². The molecule has 0 bridgehead atoms. The van der Waals surface area contributed by atoms with E-state index in [1.807, 2.05) is 26.0 Å². The van der Waals surface area contributed by atoms with Gasteiger partial charge in [-0.1, -0.05) is 0 Å². The van der Waals surface area contributed by atoms with E-state index < -0.39 is 12.1 Å². The first-order valence-corrected chi connectivity index (χ1v) is 7.41. The van der Waals surface area contributed by atoms with E-state index in [0.29, 0.717) is 18.7 Å². The number of hydrogen-bond donors (Lipinski definition) is 1. The molecule has 1 aromatic heterocycles. The lowest BCUT2D eigenvalue weighted by Crippen LogP contribution is -2.47. The Kier molecular flexibility index (Phi) is 5.16. The van der Waals surface area contributed by atoms with Gasteiger partial charge in [0.05, 0.1) is 18.5 Å². The topological polar surface area (TPSA) is 45.5 Å². The predicted octanol–water partition coefficient (Wildman–Crippen LogP) is 3.04. The molecule has 1 fully saturated rings. The summed E-state index contributed by atoms with van der Waals surface area (Å²) in [5.74, 6) is -0.226. The Hall–Kier alpha value is -1.50. The van der Waals surface area contributed by atoms with Gasteiger partial charge in [-0.2, -0.15) is 13.2 Å². The van der Waals surface area contributed by atoms with Crippen LogP contribution < -0.4 is 5.32 Å². The molecule has 2 unspecified atom stereocenters. The van der Waals surface area contributed by atoms with Crippen LogP contribution in [0.3, 0.4) is 0 Å². The number of aryl methyl sites for hydroxylation is 1. The molecule has 7 heteroatoms. The van der Waals surface area contributed by atoms with Gasteiger partial charge in [0.1, 0.15) is 11.5 Å². The molecule has 1 N–H and O–H groups in total. The number of hydrogen-bond acceptors (Lipinski definition) is 3. The van der Waals surface area contributed by atoms with Crippen molar-refractivity contribution >= 4 is 5.91 Å². The smallest absolute Gasteiger partial charge is 0.393 e. The number of rotatable bonds is 4. The predicted molar refractivity (Wildman–Crippen MR) is 75.2 cm³/mol. The van der Waals surface area contributed by atoms with Crippen molar-refractivity contribution in [2.45, 2.75) is 38.9 Å². The zero-order chi connectivity index (χ0) is 16.3. The number of nitrogens with one attached hydrogen (secondary N) is 1. The maximum atomic E-state index is 12.7. The highest BCUT2D eigenvalue weighted by molar-refractivity contribution is 5.78. The molecule has 1 aliphatic rings. The molecule has 1 aliphatic heterocycles. The minimum Gasteiger partial charge on any atom is -0.465 e. The summed E-state index contributed by atoms with van der Waals surface area (Å²) in [5.41, 5.74) is 0. The highest BCUT2D eigenvalue weighted by atomic mass is 19.4. The second kappa shape index (κ2) is 6.73. The highest BCUT2D eigenvalue weighted by Crippen LogP contribution is 2.33. The molecule has 22 heavy (non-hydrogen) atoms. The Balaban J connectivity index is 1.84. The Morgan fingerprint density at radius 3 is 2.82 bits per heavy atom. The Morgan fingerprint density at radius 2 is 2.23 bits per heavy atom. The number of furan rings is 1. The van der Waals surface area contributed by atoms with Crippen molar-refractivity contribution in [1.82, 2.24) is 10.2 Å². The summed E-state index contributed by atoms with van der Waals surface area (Å²) in [6.45, 7) is 3.83. The summed E-state index contributed by atoms with van der Waals surface area (Å²) in [5, 5.41) is 3.00. The average Bonchev–Trinajstić information content (AvgIpc) is 2.90. The van der Waals surface area contributed by atoms with E-state index in [1.54, 1.807) is 0 Å². The molecule has 0 saturated carbocycles. The monoisotopic (exact) mass is 318 g/mol. The van der Waals surface area contributed by atoms with Crippen molar-refractivity contribution in [2.24, 2.45) is 5.92 Å². The Morgan fingerprint density at radius 1 is 1.50 bits per heavy atom. The van der Waals surface area contributed by atoms with Crippen LogP contribution in [0.5, 0.6) is 0 Å². The molecular formula is C15H21F3N2O2. The van der Waals surface area contributed by atoms with Crippen molar-refractivity contribution in [1.29, 1.82) is 0 Å². The first-order valence-electron chi connectivity index (χ1n) is 7.41. The third-order valence-electron chi connectivity index (χ3n) is 3.98. The lowest BCUT2D eigenvalue weighted by molar-refractivity contribution is -0.187. The number of piperidine rings is 1. The summed E-state index contributed by atoms with van der Waals surface area (Å²) in [4.78, 5) is 13.4. The molecule has 0 radical (unpaired) electrons. The maximum Gasteiger partial charge on any atom is 0.393 e. The molecule has 2 rings (SSSR count). The first kappa shape index (κ1) is 16.9. The fourth-order valence-corrected chi connectivity index (χ4v) is 2.61. The number of alkyl halides is 3. The summed E-state index contributed by atoms with van der Waals surface area (Å²) in [6, 6.07) is 3.48. The van der Waals surface area contributed by atoms with E-state index in [0.717, 1.165) is 5.76 Å². The van der Waals surface area contributed by atoms with Crippen LogP contribution in [0, 0.1) is 12.8 Å². The Bertz CT molecular complexity index is 513. The van der Waals surface area contributed by atoms with Crippen molar-refractivity contribution in [3.05, 3.63) is 23.7 Å². The first-order chi connectivity index (χ1) is 10.3. The fourth-order valence-electron chi connectivity index (χ4n) is 2.61. The minimum atomic E-state index is -4.23. The summed E-state index contributed by atoms with van der Waals surface area (Å²) >= 11 is 0. The number of halogens is 3. The van der Waals surface area contributed by atoms with Gasteiger partial charge in [-0.05, 0) is 38.8 Å². The normalized spacial score (nSPS) is 21.0. The van der Waals surface area contributed by atoms with Gasteiger partial charge < -0.3 is 9.32 Å². The van der Waals surface area contributed by atoms with Crippen molar-refractivity contribution in [3.63, 3.8) is 0 Å². The summed E-state index contributed by atoms with van der Waals surface area (Å²) < 4.78 is 43.7. The SMILES string of the molecule is Cc1ccc(C(C)NCC(=O)N2CCCC(C(F)(F)F)C2)o1. The van der Waals surface area contributed by atoms with Gasteiger partial charge in [0.25, 0.3) is 0 Å². The van der Waals surface area contributed by atoms with Crippen molar-refractivity contribution in [2.75, 3.05) is 19.6 Å². The summed E-state index contributed by atoms with van der Waals surface area (Å²) in [6.07, 6.45) is -3.74. The largest absolute Gasteiger partial charge is 0.465 e. The molecular weight excluding hydrogens is 297 g/mol. The van der Waals surface area contributed by atoms with E-state index in [1.165, 1.54) is 4.90 Å². The minimum absolute atomic E-state index is 0.00545. The Labute approximate surface area is 127 Å². The molecule has 1 saturated heterocycles. The summed E-state index contributed by atoms with van der Waals surface area (Å²) in [7, 11) is 0. The number of carbonyl (C=O) groups excluding carboxylic acids is 1. The molecule has 4 nitrogen and oxygen atoms in total. The van der Waals surface area contributed by atoms with E-state index >= 15 is 0 Å². The van der Waals surface area contributed by atoms with Crippen LogP contribution in [0.15, 0.2) is 16.5 Å². The third kappa shape index (κ3) is 4.25. The van der Waals surface area contributed by atoms with Crippen LogP contribution in [0.1, 0.15) is 37.3 Å². The standard InChI is InChI=1S/C15H21F3N2O2/c1-10-5-6-13(22-10)11(2)19-8-14(21)20-7-3-4-12(9-20)15(16,17)18/h5-6,11-12,19H,3-4,7-9H2,1-2H3. The number of carbonyl (C=O) groups is 1. The lowest BCUT2D eigenvalue weighted by Gasteiger charge is -2.34. The highest BCUT2D eigenvalue weighted by Gasteiger charge is 2.42. The van der Waals surface area contributed by atoms with E-state index in [9.17, 15) is 18.0 Å². The second-order valence-corrected chi connectivity index (χ2v) is 5.77. The molecule has 2 atom stereocenters. The van der Waals surface area contributed by atoms with Crippen LogP contribution >= 0.6 is 0 Å². The van der Waals surface area contributed by atoms with Crippen LogP contribution in [0.25, 0.3) is 0 Å². The molecule has 0 aromatic carbocycles. The van der Waals surface area contributed by atoms with Crippen molar-refractivity contribution in [3.8, 4) is 0 Å². The number of amides is 1. The zero-order valence-corrected chi connectivity index (χ0v) is 12.7. The van der Waals surface area contributed by atoms with E-state index in [4.69, 9.17) is 4.42 Å². The lowest BCUT2D eigenvalue weighted by atomic mass is 9.97. The molecule has 1 amide bonds. The maximum absolute atomic E-state index is 12.7. The number of nitrogens with zero attached hydrogens (tertiary/aromatic N) is 1. The molecule has 0 spiro atoms. The fraction of sp³-hybridized carbons (Fsp3) is 0.667. The quantitative estimate of drug-likeness (QED) is 0.928. The van der Waals surface area contributed by atoms with Crippen LogP contribution in [-0.4, -0.2) is 36.6 Å². The van der Waals surface area contributed by atoms with Crippen LogP contribution in [0.4, 0.5) is 13.2 Å². The number of likely N-dealkylation sites (tertiary alicyclic amines) is 1. The van der Waals surface area contributed by atoms with Gasteiger partial charge in [0, 0.05) is 13.1 Å². The van der Waals surface area contributed by atoms with Crippen LogP contribution in [-0.2, 0) is 4.79 Å².